The van der Waals surface area contributed by atoms with Crippen LogP contribution in [0.5, 0.6) is 5.75 Å². The molecule has 3 N–H and O–H groups in total. The van der Waals surface area contributed by atoms with E-state index in [2.05, 4.69) is 0 Å². The second-order valence-corrected chi connectivity index (χ2v) is 3.11. The van der Waals surface area contributed by atoms with E-state index in [4.69, 9.17) is 5.73 Å². The summed E-state index contributed by atoms with van der Waals surface area (Å²) in [7, 11) is 0. The number of nitrogens with two attached hydrogens (primary N) is 1. The molecule has 3 nitrogen and oxygen atoms in total. The number of rotatable bonds is 1. The zero-order valence-corrected chi connectivity index (χ0v) is 7.40. The Morgan fingerprint density at radius 3 is 2.71 bits per heavy atom. The van der Waals surface area contributed by atoms with Crippen LogP contribution in [0.2, 0.25) is 0 Å². The van der Waals surface area contributed by atoms with Gasteiger partial charge in [0.05, 0.1) is 0 Å². The van der Waals surface area contributed by atoms with Crippen molar-refractivity contribution in [1.29, 1.82) is 0 Å². The van der Waals surface area contributed by atoms with Crippen molar-refractivity contribution in [2.75, 3.05) is 0 Å². The fourth-order valence-electron chi connectivity index (χ4n) is 1.49. The van der Waals surface area contributed by atoms with E-state index in [9.17, 15) is 9.90 Å². The van der Waals surface area contributed by atoms with Gasteiger partial charge in [0.2, 0.25) is 0 Å². The molecule has 0 radical (unpaired) electrons. The van der Waals surface area contributed by atoms with Gasteiger partial charge >= 0.3 is 0 Å². The van der Waals surface area contributed by atoms with Gasteiger partial charge in [-0.05, 0) is 35.1 Å². The molecular formula is C11H9NO2. The number of fused-ring (bicyclic) bond motifs is 1. The third-order valence-corrected chi connectivity index (χ3v) is 2.19. The molecule has 0 aromatic heterocycles. The lowest BCUT2D eigenvalue weighted by Gasteiger charge is -1.95. The maximum absolute atomic E-state index is 10.5. The maximum Gasteiger partial charge on any atom is 0.150 e. The summed E-state index contributed by atoms with van der Waals surface area (Å²) in [6, 6.07) is 3.35. The molecule has 0 aliphatic heterocycles. The third kappa shape index (κ3) is 1.19. The SMILES string of the molecule is NC=c1cc2c(cc1O)=CC(C=O)=C2. The van der Waals surface area contributed by atoms with Crippen molar-refractivity contribution in [3.05, 3.63) is 33.7 Å². The van der Waals surface area contributed by atoms with E-state index in [0.717, 1.165) is 17.1 Å². The standard InChI is InChI=1S/C11H9NO2/c12-5-10-3-8-1-7(6-13)2-9(8)4-11(10)14/h1-6,14H,12H2. The van der Waals surface area contributed by atoms with E-state index in [1.165, 1.54) is 6.20 Å². The molecule has 14 heavy (non-hydrogen) atoms. The Labute approximate surface area is 80.5 Å². The number of allylic oxidation sites excluding steroid dienone is 1. The fourth-order valence-corrected chi connectivity index (χ4v) is 1.49. The lowest BCUT2D eigenvalue weighted by atomic mass is 10.1. The minimum Gasteiger partial charge on any atom is -0.507 e. The van der Waals surface area contributed by atoms with Gasteiger partial charge in [-0.15, -0.1) is 0 Å². The number of carbonyl (C=O) groups excluding carboxylic acids is 1. The Bertz CT molecular complexity index is 541. The van der Waals surface area contributed by atoms with Crippen molar-refractivity contribution < 1.29 is 9.90 Å². The summed E-state index contributed by atoms with van der Waals surface area (Å²) in [6.45, 7) is 0. The van der Waals surface area contributed by atoms with Crippen molar-refractivity contribution in [3.8, 4) is 5.75 Å². The van der Waals surface area contributed by atoms with Crippen molar-refractivity contribution >= 4 is 24.6 Å². The summed E-state index contributed by atoms with van der Waals surface area (Å²) in [5, 5.41) is 10.9. The van der Waals surface area contributed by atoms with E-state index in [0.29, 0.717) is 10.8 Å². The number of phenols is 1. The van der Waals surface area contributed by atoms with Gasteiger partial charge in [-0.2, -0.15) is 0 Å². The summed E-state index contributed by atoms with van der Waals surface area (Å²) >= 11 is 0. The second-order valence-electron chi connectivity index (χ2n) is 3.11. The maximum atomic E-state index is 10.5. The molecule has 70 valence electrons. The van der Waals surface area contributed by atoms with Gasteiger partial charge in [0.15, 0.2) is 0 Å². The third-order valence-electron chi connectivity index (χ3n) is 2.19. The van der Waals surface area contributed by atoms with Gasteiger partial charge in [0.25, 0.3) is 0 Å². The van der Waals surface area contributed by atoms with Crippen LogP contribution in [-0.4, -0.2) is 11.4 Å². The molecule has 0 saturated heterocycles. The van der Waals surface area contributed by atoms with Crippen LogP contribution in [0.3, 0.4) is 0 Å². The molecular weight excluding hydrogens is 178 g/mol. The van der Waals surface area contributed by atoms with Crippen molar-refractivity contribution in [3.63, 3.8) is 0 Å². The highest BCUT2D eigenvalue weighted by Gasteiger charge is 2.05. The smallest absolute Gasteiger partial charge is 0.150 e. The van der Waals surface area contributed by atoms with Gasteiger partial charge in [0, 0.05) is 17.0 Å². The van der Waals surface area contributed by atoms with Gasteiger partial charge in [-0.3, -0.25) is 4.79 Å². The fraction of sp³-hybridized carbons (Fsp3) is 0. The molecule has 0 heterocycles. The normalized spacial score (nSPS) is 14.6. The first-order valence-corrected chi connectivity index (χ1v) is 4.18. The Hall–Kier alpha value is -2.03. The molecule has 1 aromatic carbocycles. The summed E-state index contributed by atoms with van der Waals surface area (Å²) in [5.41, 5.74) is 6.84. The molecule has 0 bridgehead atoms. The van der Waals surface area contributed by atoms with E-state index in [1.807, 2.05) is 0 Å². The van der Waals surface area contributed by atoms with E-state index in [1.54, 1.807) is 24.3 Å². The number of aromatic hydroxyl groups is 1. The van der Waals surface area contributed by atoms with Crippen molar-refractivity contribution in [2.45, 2.75) is 0 Å². The second kappa shape index (κ2) is 3.03. The van der Waals surface area contributed by atoms with Gasteiger partial charge in [-0.25, -0.2) is 0 Å². The monoisotopic (exact) mass is 187 g/mol. The van der Waals surface area contributed by atoms with Crippen LogP contribution < -0.4 is 16.2 Å². The molecule has 0 amide bonds. The predicted molar refractivity (Wildman–Crippen MR) is 54.5 cm³/mol. The Balaban J connectivity index is 2.74. The Morgan fingerprint density at radius 1 is 1.29 bits per heavy atom. The van der Waals surface area contributed by atoms with E-state index < -0.39 is 0 Å². The molecule has 2 rings (SSSR count). The number of benzene rings is 1. The van der Waals surface area contributed by atoms with Crippen molar-refractivity contribution in [1.82, 2.24) is 0 Å². The van der Waals surface area contributed by atoms with E-state index >= 15 is 0 Å². The zero-order chi connectivity index (χ0) is 10.1. The number of carbonyl (C=O) groups is 1. The minimum absolute atomic E-state index is 0.128. The number of hydrogen-bond donors (Lipinski definition) is 2. The average Bonchev–Trinajstić information content (AvgIpc) is 2.58. The molecule has 0 spiro atoms. The summed E-state index contributed by atoms with van der Waals surface area (Å²) in [5.74, 6) is 0.128. The first-order chi connectivity index (χ1) is 6.74. The number of aldehydes is 1. The van der Waals surface area contributed by atoms with Crippen LogP contribution in [-0.2, 0) is 4.79 Å². The van der Waals surface area contributed by atoms with Crippen LogP contribution in [0.4, 0.5) is 0 Å². The lowest BCUT2D eigenvalue weighted by Crippen LogP contribution is -2.12. The molecule has 1 aliphatic rings. The molecule has 0 fully saturated rings. The van der Waals surface area contributed by atoms with Gasteiger partial charge in [-0.1, -0.05) is 0 Å². The highest BCUT2D eigenvalue weighted by Crippen LogP contribution is 2.09. The minimum atomic E-state index is 0.128. The van der Waals surface area contributed by atoms with Crippen LogP contribution in [0.15, 0.2) is 17.7 Å². The van der Waals surface area contributed by atoms with Gasteiger partial charge in [0.1, 0.15) is 12.0 Å². The van der Waals surface area contributed by atoms with Crippen LogP contribution in [0.25, 0.3) is 18.4 Å². The summed E-state index contributed by atoms with van der Waals surface area (Å²) < 4.78 is 0. The highest BCUT2D eigenvalue weighted by molar-refractivity contribution is 5.96. The number of hydrogen-bond acceptors (Lipinski definition) is 3. The first-order valence-electron chi connectivity index (χ1n) is 4.18. The zero-order valence-electron chi connectivity index (χ0n) is 7.40. The lowest BCUT2D eigenvalue weighted by molar-refractivity contribution is -0.104. The summed E-state index contributed by atoms with van der Waals surface area (Å²) in [6.07, 6.45) is 5.60. The largest absolute Gasteiger partial charge is 0.507 e. The molecule has 0 saturated carbocycles. The quantitative estimate of drug-likeness (QED) is 0.581. The van der Waals surface area contributed by atoms with Crippen LogP contribution in [0, 0.1) is 0 Å². The van der Waals surface area contributed by atoms with Crippen LogP contribution >= 0.6 is 0 Å². The Morgan fingerprint density at radius 2 is 2.07 bits per heavy atom. The average molecular weight is 187 g/mol. The molecule has 1 aliphatic carbocycles. The number of phenolic OH excluding ortho intramolecular Hbond substituents is 1. The van der Waals surface area contributed by atoms with Crippen LogP contribution in [0.1, 0.15) is 5.56 Å². The molecule has 0 unspecified atom stereocenters. The molecule has 3 heteroatoms. The van der Waals surface area contributed by atoms with Crippen molar-refractivity contribution in [2.24, 2.45) is 5.73 Å². The topological polar surface area (TPSA) is 63.3 Å². The predicted octanol–water partition coefficient (Wildman–Crippen LogP) is -0.535. The van der Waals surface area contributed by atoms with E-state index in [-0.39, 0.29) is 5.75 Å². The molecule has 0 atom stereocenters. The van der Waals surface area contributed by atoms with Gasteiger partial charge < -0.3 is 10.8 Å². The highest BCUT2D eigenvalue weighted by atomic mass is 16.3. The molecule has 1 aromatic rings. The Kier molecular flexibility index (Phi) is 1.85. The summed E-state index contributed by atoms with van der Waals surface area (Å²) in [4.78, 5) is 10.5. The first kappa shape index (κ1) is 8.56.